The Labute approximate surface area is 276 Å². The van der Waals surface area contributed by atoms with Crippen LogP contribution in [0.4, 0.5) is 10.5 Å². The highest BCUT2D eigenvalue weighted by molar-refractivity contribution is 8.00. The van der Waals surface area contributed by atoms with Crippen LogP contribution in [-0.2, 0) is 23.9 Å². The van der Waals surface area contributed by atoms with E-state index in [4.69, 9.17) is 4.74 Å². The van der Waals surface area contributed by atoms with Crippen LogP contribution in [0.2, 0.25) is 0 Å². The summed E-state index contributed by atoms with van der Waals surface area (Å²) in [7, 11) is 0. The summed E-state index contributed by atoms with van der Waals surface area (Å²) in [6, 6.07) is 24.6. The van der Waals surface area contributed by atoms with Gasteiger partial charge in [-0.3, -0.25) is 14.5 Å². The topological polar surface area (TPSA) is 154 Å². The van der Waals surface area contributed by atoms with Gasteiger partial charge in [0, 0.05) is 17.9 Å². The molecule has 2 aliphatic rings. The predicted octanol–water partition coefficient (Wildman–Crippen LogP) is 4.60. The molecule has 1 fully saturated rings. The summed E-state index contributed by atoms with van der Waals surface area (Å²) in [5.41, 5.74) is 2.36. The summed E-state index contributed by atoms with van der Waals surface area (Å²) in [6.45, 7) is 3.63. The van der Waals surface area contributed by atoms with Crippen molar-refractivity contribution in [3.05, 3.63) is 126 Å². The summed E-state index contributed by atoms with van der Waals surface area (Å²) in [6.07, 6.45) is 0.891. The second-order valence-corrected chi connectivity index (χ2v) is 12.0. The number of carboxylic acid groups (broad SMARTS) is 1. The van der Waals surface area contributed by atoms with E-state index in [1.165, 1.54) is 22.7 Å². The van der Waals surface area contributed by atoms with Crippen LogP contribution < -0.4 is 16.0 Å². The van der Waals surface area contributed by atoms with E-state index < -0.39 is 53.3 Å². The molecule has 0 aliphatic carbocycles. The highest BCUT2D eigenvalue weighted by atomic mass is 32.2. The van der Waals surface area contributed by atoms with Crippen LogP contribution in [0.3, 0.4) is 0 Å². The molecule has 12 heteroatoms. The number of esters is 1. The van der Waals surface area contributed by atoms with Crippen molar-refractivity contribution in [2.75, 3.05) is 11.1 Å². The number of carboxylic acids is 1. The van der Waals surface area contributed by atoms with Crippen molar-refractivity contribution in [2.45, 2.75) is 42.8 Å². The first-order valence-corrected chi connectivity index (χ1v) is 16.1. The number of benzene rings is 3. The second kappa shape index (κ2) is 15.3. The van der Waals surface area contributed by atoms with Crippen molar-refractivity contribution >= 4 is 47.2 Å². The maximum Gasteiger partial charge on any atom is 0.352 e. The minimum absolute atomic E-state index is 0.0483. The molecule has 0 saturated carbocycles. The molecule has 1 saturated heterocycles. The Morgan fingerprint density at radius 1 is 0.957 bits per heavy atom. The quantitative estimate of drug-likeness (QED) is 0.154. The maximum absolute atomic E-state index is 13.7. The van der Waals surface area contributed by atoms with Crippen molar-refractivity contribution in [3.63, 3.8) is 0 Å². The molecule has 0 spiro atoms. The van der Waals surface area contributed by atoms with Gasteiger partial charge in [0.05, 0.1) is 0 Å². The molecule has 2 aliphatic heterocycles. The monoisotopic (exact) mass is 654 g/mol. The Hall–Kier alpha value is -5.36. The zero-order chi connectivity index (χ0) is 33.3. The Balaban J connectivity index is 1.24. The van der Waals surface area contributed by atoms with Gasteiger partial charge in [-0.05, 0) is 41.7 Å². The number of amides is 4. The number of allylic oxidation sites excluding steroid dienone is 1. The lowest BCUT2D eigenvalue weighted by atomic mass is 10.0. The van der Waals surface area contributed by atoms with Crippen molar-refractivity contribution in [2.24, 2.45) is 0 Å². The van der Waals surface area contributed by atoms with E-state index in [1.807, 2.05) is 66.7 Å². The molecule has 4 amide bonds. The van der Waals surface area contributed by atoms with E-state index in [9.17, 15) is 29.1 Å². The molecule has 2 heterocycles. The Bertz CT molecular complexity index is 1630. The third-order valence-corrected chi connectivity index (χ3v) is 9.02. The Kier molecular flexibility index (Phi) is 10.7. The zero-order valence-electron chi connectivity index (χ0n) is 25.3. The molecule has 0 bridgehead atoms. The molecule has 11 nitrogen and oxygen atoms in total. The fourth-order valence-electron chi connectivity index (χ4n) is 5.39. The van der Waals surface area contributed by atoms with Crippen LogP contribution in [0.1, 0.15) is 36.5 Å². The van der Waals surface area contributed by atoms with Gasteiger partial charge in [-0.15, -0.1) is 11.8 Å². The first-order chi connectivity index (χ1) is 22.8. The number of rotatable bonds is 13. The standard InChI is InChI=1S/C35H34N4O7S/c1-2-22-21-47-32-28(31(41)39(32)29(22)33(42)43)38-27(40)20-12-19-26(37-35(45)36-25-17-10-5-11-18-25)34(44)46-30(23-13-6-3-7-14-23)24-15-8-4-9-16-24/h2-11,13-18,26,28,30,32H,1,12,19-21H2,(H,38,40)(H,42,43)(H2,36,37,45)/t26?,28?,32-/m0/s1. The average Bonchev–Trinajstić information content (AvgIpc) is 3.09. The van der Waals surface area contributed by atoms with Gasteiger partial charge in [0.2, 0.25) is 5.91 Å². The molecular weight excluding hydrogens is 620 g/mol. The van der Waals surface area contributed by atoms with Gasteiger partial charge < -0.3 is 25.8 Å². The highest BCUT2D eigenvalue weighted by Gasteiger charge is 2.53. The summed E-state index contributed by atoms with van der Waals surface area (Å²) in [5.74, 6) is -2.51. The normalized spacial score (nSPS) is 17.6. The number of carbonyl (C=O) groups is 5. The number of ether oxygens (including phenoxy) is 1. The van der Waals surface area contributed by atoms with Gasteiger partial charge in [-0.1, -0.05) is 91.5 Å². The molecule has 47 heavy (non-hydrogen) atoms. The van der Waals surface area contributed by atoms with Crippen molar-refractivity contribution < 1.29 is 33.8 Å². The van der Waals surface area contributed by atoms with Crippen molar-refractivity contribution in [1.82, 2.24) is 15.5 Å². The lowest BCUT2D eigenvalue weighted by Crippen LogP contribution is -2.70. The van der Waals surface area contributed by atoms with E-state index in [2.05, 4.69) is 22.5 Å². The molecule has 2 unspecified atom stereocenters. The first kappa shape index (κ1) is 33.0. The predicted molar refractivity (Wildman–Crippen MR) is 177 cm³/mol. The largest absolute Gasteiger partial charge is 0.477 e. The SMILES string of the molecule is C=CC1=C(C(=O)O)N2C(=O)C(NC(=O)CCCC(NC(=O)Nc3ccccc3)C(=O)OC(c3ccccc3)c3ccccc3)[C@@H]2SC1. The Morgan fingerprint density at radius 2 is 1.55 bits per heavy atom. The number of anilines is 1. The number of hydrogen-bond donors (Lipinski definition) is 4. The third kappa shape index (κ3) is 7.90. The minimum Gasteiger partial charge on any atom is -0.477 e. The molecule has 4 N–H and O–H groups in total. The number of hydrogen-bond acceptors (Lipinski definition) is 7. The van der Waals surface area contributed by atoms with Gasteiger partial charge >= 0.3 is 18.0 Å². The van der Waals surface area contributed by atoms with Gasteiger partial charge in [0.25, 0.3) is 5.91 Å². The van der Waals surface area contributed by atoms with Crippen LogP contribution in [0, 0.1) is 0 Å². The van der Waals surface area contributed by atoms with Crippen LogP contribution in [0.25, 0.3) is 0 Å². The number of β-lactam (4-membered cyclic amide) rings is 1. The lowest BCUT2D eigenvalue weighted by molar-refractivity contribution is -0.151. The summed E-state index contributed by atoms with van der Waals surface area (Å²) in [5, 5.41) is 17.2. The van der Waals surface area contributed by atoms with Crippen LogP contribution in [0.15, 0.2) is 115 Å². The highest BCUT2D eigenvalue weighted by Crippen LogP contribution is 2.40. The van der Waals surface area contributed by atoms with Gasteiger partial charge in [0.1, 0.15) is 23.2 Å². The number of fused-ring (bicyclic) bond motifs is 1. The van der Waals surface area contributed by atoms with E-state index in [0.717, 1.165) is 11.1 Å². The van der Waals surface area contributed by atoms with Gasteiger partial charge in [-0.25, -0.2) is 14.4 Å². The molecule has 0 aromatic heterocycles. The fraction of sp³-hybridized carbons (Fsp3) is 0.229. The van der Waals surface area contributed by atoms with Crippen LogP contribution in [-0.4, -0.2) is 63.0 Å². The maximum atomic E-state index is 13.7. The average molecular weight is 655 g/mol. The summed E-state index contributed by atoms with van der Waals surface area (Å²) in [4.78, 5) is 65.3. The first-order valence-electron chi connectivity index (χ1n) is 15.0. The number of nitrogens with zero attached hydrogens (tertiary/aromatic N) is 1. The molecule has 3 aromatic carbocycles. The molecule has 242 valence electrons. The van der Waals surface area contributed by atoms with Crippen LogP contribution in [0.5, 0.6) is 0 Å². The van der Waals surface area contributed by atoms with Gasteiger partial charge in [0.15, 0.2) is 6.10 Å². The number of thioether (sulfide) groups is 1. The van der Waals surface area contributed by atoms with E-state index >= 15 is 0 Å². The minimum atomic E-state index is -1.23. The molecule has 3 atom stereocenters. The number of urea groups is 1. The van der Waals surface area contributed by atoms with E-state index in [-0.39, 0.29) is 25.0 Å². The van der Waals surface area contributed by atoms with E-state index in [0.29, 0.717) is 17.0 Å². The molecule has 5 rings (SSSR count). The van der Waals surface area contributed by atoms with E-state index in [1.54, 1.807) is 24.3 Å². The second-order valence-electron chi connectivity index (χ2n) is 10.9. The molecule has 3 aromatic rings. The lowest BCUT2D eigenvalue weighted by Gasteiger charge is -2.49. The number of nitrogens with one attached hydrogen (secondary N) is 3. The number of aliphatic carboxylic acids is 1. The summed E-state index contributed by atoms with van der Waals surface area (Å²) >= 11 is 1.34. The van der Waals surface area contributed by atoms with Crippen LogP contribution >= 0.6 is 11.8 Å². The van der Waals surface area contributed by atoms with Crippen molar-refractivity contribution in [1.29, 1.82) is 0 Å². The fourth-order valence-corrected chi connectivity index (χ4v) is 6.73. The smallest absolute Gasteiger partial charge is 0.352 e. The molecular formula is C35H34N4O7S. The number of carbonyl (C=O) groups excluding carboxylic acids is 4. The Morgan fingerprint density at radius 3 is 2.13 bits per heavy atom. The van der Waals surface area contributed by atoms with Gasteiger partial charge in [-0.2, -0.15) is 0 Å². The molecule has 0 radical (unpaired) electrons. The summed E-state index contributed by atoms with van der Waals surface area (Å²) < 4.78 is 6.01. The zero-order valence-corrected chi connectivity index (χ0v) is 26.2. The van der Waals surface area contributed by atoms with Crippen molar-refractivity contribution in [3.8, 4) is 0 Å². The number of para-hydroxylation sites is 1. The third-order valence-electron chi connectivity index (χ3n) is 7.72.